The Hall–Kier alpha value is -2.81. The van der Waals surface area contributed by atoms with E-state index in [2.05, 4.69) is 6.07 Å². The van der Waals surface area contributed by atoms with Crippen LogP contribution >= 0.6 is 0 Å². The number of esters is 1. The lowest BCUT2D eigenvalue weighted by Gasteiger charge is -2.06. The Morgan fingerprint density at radius 3 is 2.43 bits per heavy atom. The Labute approximate surface area is 135 Å². The number of aryl methyl sites for hydroxylation is 2. The smallest absolute Gasteiger partial charge is 0.343 e. The third-order valence-corrected chi connectivity index (χ3v) is 3.81. The SMILES string of the molecule is COc1ccc(C=C2C=C(c3ccc(C)cc3C)OC2=O)cc1. The van der Waals surface area contributed by atoms with Crippen LogP contribution in [0.2, 0.25) is 0 Å². The Kier molecular flexibility index (Phi) is 4.02. The lowest BCUT2D eigenvalue weighted by atomic mass is 10.0. The van der Waals surface area contributed by atoms with E-state index in [1.165, 1.54) is 5.56 Å². The summed E-state index contributed by atoms with van der Waals surface area (Å²) in [5.41, 5.74) is 4.70. The van der Waals surface area contributed by atoms with Gasteiger partial charge in [-0.3, -0.25) is 0 Å². The van der Waals surface area contributed by atoms with Gasteiger partial charge in [-0.05, 0) is 49.3 Å². The van der Waals surface area contributed by atoms with Gasteiger partial charge < -0.3 is 9.47 Å². The second kappa shape index (κ2) is 6.13. The van der Waals surface area contributed by atoms with Gasteiger partial charge in [-0.2, -0.15) is 0 Å². The zero-order chi connectivity index (χ0) is 16.4. The molecule has 2 aromatic carbocycles. The highest BCUT2D eigenvalue weighted by Crippen LogP contribution is 2.29. The topological polar surface area (TPSA) is 35.5 Å². The normalized spacial score (nSPS) is 15.5. The van der Waals surface area contributed by atoms with Gasteiger partial charge in [0.2, 0.25) is 0 Å². The third kappa shape index (κ3) is 3.19. The Balaban J connectivity index is 1.92. The molecule has 0 radical (unpaired) electrons. The molecule has 0 spiro atoms. The summed E-state index contributed by atoms with van der Waals surface area (Å²) in [6, 6.07) is 13.6. The Bertz CT molecular complexity index is 811. The summed E-state index contributed by atoms with van der Waals surface area (Å²) in [6.07, 6.45) is 3.61. The molecule has 0 amide bonds. The summed E-state index contributed by atoms with van der Waals surface area (Å²) in [6.45, 7) is 4.06. The molecule has 0 atom stereocenters. The molecule has 23 heavy (non-hydrogen) atoms. The fraction of sp³-hybridized carbons (Fsp3) is 0.150. The van der Waals surface area contributed by atoms with Gasteiger partial charge in [-0.15, -0.1) is 0 Å². The van der Waals surface area contributed by atoms with E-state index in [4.69, 9.17) is 9.47 Å². The quantitative estimate of drug-likeness (QED) is 0.627. The number of cyclic esters (lactones) is 1. The molecule has 3 nitrogen and oxygen atoms in total. The highest BCUT2D eigenvalue weighted by molar-refractivity contribution is 6.05. The van der Waals surface area contributed by atoms with Gasteiger partial charge in [0.15, 0.2) is 0 Å². The lowest BCUT2D eigenvalue weighted by molar-refractivity contribution is -0.130. The summed E-state index contributed by atoms with van der Waals surface area (Å²) < 4.78 is 10.6. The van der Waals surface area contributed by atoms with Gasteiger partial charge >= 0.3 is 5.97 Å². The van der Waals surface area contributed by atoms with E-state index in [0.717, 1.165) is 22.4 Å². The van der Waals surface area contributed by atoms with Crippen molar-refractivity contribution in [1.82, 2.24) is 0 Å². The van der Waals surface area contributed by atoms with Crippen molar-refractivity contribution in [2.45, 2.75) is 13.8 Å². The molecule has 0 aliphatic carbocycles. The molecule has 0 aromatic heterocycles. The number of rotatable bonds is 3. The van der Waals surface area contributed by atoms with Gasteiger partial charge in [-0.1, -0.05) is 35.9 Å². The Morgan fingerprint density at radius 2 is 1.78 bits per heavy atom. The fourth-order valence-electron chi connectivity index (χ4n) is 2.59. The van der Waals surface area contributed by atoms with E-state index in [1.54, 1.807) is 13.2 Å². The number of benzene rings is 2. The molecule has 1 aliphatic rings. The average Bonchev–Trinajstić information content (AvgIpc) is 2.88. The van der Waals surface area contributed by atoms with Crippen LogP contribution in [-0.2, 0) is 9.53 Å². The highest BCUT2D eigenvalue weighted by atomic mass is 16.5. The molecule has 0 bridgehead atoms. The molecular formula is C20H18O3. The first-order valence-corrected chi connectivity index (χ1v) is 7.44. The van der Waals surface area contributed by atoms with E-state index in [0.29, 0.717) is 11.3 Å². The number of carbonyl (C=O) groups excluding carboxylic acids is 1. The highest BCUT2D eigenvalue weighted by Gasteiger charge is 2.22. The lowest BCUT2D eigenvalue weighted by Crippen LogP contribution is -1.98. The summed E-state index contributed by atoms with van der Waals surface area (Å²) in [5.74, 6) is 1.07. The van der Waals surface area contributed by atoms with Gasteiger partial charge in [-0.25, -0.2) is 4.79 Å². The molecule has 0 fully saturated rings. The summed E-state index contributed by atoms with van der Waals surface area (Å²) in [5, 5.41) is 0. The maximum Gasteiger partial charge on any atom is 0.343 e. The fourth-order valence-corrected chi connectivity index (χ4v) is 2.59. The monoisotopic (exact) mass is 306 g/mol. The van der Waals surface area contributed by atoms with Gasteiger partial charge in [0.05, 0.1) is 12.7 Å². The molecule has 2 aromatic rings. The maximum atomic E-state index is 12.1. The van der Waals surface area contributed by atoms with Crippen LogP contribution in [0.3, 0.4) is 0 Å². The van der Waals surface area contributed by atoms with Crippen molar-refractivity contribution < 1.29 is 14.3 Å². The zero-order valence-corrected chi connectivity index (χ0v) is 13.4. The number of carbonyl (C=O) groups is 1. The maximum absolute atomic E-state index is 12.1. The first-order chi connectivity index (χ1) is 11.1. The van der Waals surface area contributed by atoms with Crippen molar-refractivity contribution in [3.63, 3.8) is 0 Å². The first-order valence-electron chi connectivity index (χ1n) is 7.44. The average molecular weight is 306 g/mol. The van der Waals surface area contributed by atoms with Crippen LogP contribution in [0.4, 0.5) is 0 Å². The van der Waals surface area contributed by atoms with Gasteiger partial charge in [0.1, 0.15) is 11.5 Å². The van der Waals surface area contributed by atoms with Crippen molar-refractivity contribution in [3.05, 3.63) is 76.4 Å². The molecule has 0 unspecified atom stereocenters. The van der Waals surface area contributed by atoms with Crippen molar-refractivity contribution in [3.8, 4) is 5.75 Å². The van der Waals surface area contributed by atoms with Crippen molar-refractivity contribution >= 4 is 17.8 Å². The largest absolute Gasteiger partial charge is 0.497 e. The number of hydrogen-bond donors (Lipinski definition) is 0. The van der Waals surface area contributed by atoms with Crippen LogP contribution in [-0.4, -0.2) is 13.1 Å². The molecule has 3 heteroatoms. The van der Waals surface area contributed by atoms with Crippen molar-refractivity contribution in [2.75, 3.05) is 7.11 Å². The van der Waals surface area contributed by atoms with Crippen LogP contribution in [0.1, 0.15) is 22.3 Å². The molecule has 1 aliphatic heterocycles. The van der Waals surface area contributed by atoms with E-state index in [9.17, 15) is 4.79 Å². The van der Waals surface area contributed by atoms with Crippen LogP contribution in [0.15, 0.2) is 54.1 Å². The second-order valence-corrected chi connectivity index (χ2v) is 5.59. The molecule has 0 N–H and O–H groups in total. The molecule has 0 saturated heterocycles. The van der Waals surface area contributed by atoms with Crippen LogP contribution in [0, 0.1) is 13.8 Å². The van der Waals surface area contributed by atoms with Crippen molar-refractivity contribution in [2.24, 2.45) is 0 Å². The number of ether oxygens (including phenoxy) is 2. The van der Waals surface area contributed by atoms with E-state index in [-0.39, 0.29) is 5.97 Å². The molecular weight excluding hydrogens is 288 g/mol. The zero-order valence-electron chi connectivity index (χ0n) is 13.4. The summed E-state index contributed by atoms with van der Waals surface area (Å²) in [7, 11) is 1.63. The predicted molar refractivity (Wildman–Crippen MR) is 91.0 cm³/mol. The van der Waals surface area contributed by atoms with Crippen LogP contribution in [0.25, 0.3) is 11.8 Å². The minimum absolute atomic E-state index is 0.323. The van der Waals surface area contributed by atoms with E-state index < -0.39 is 0 Å². The van der Waals surface area contributed by atoms with Crippen LogP contribution < -0.4 is 4.74 Å². The Morgan fingerprint density at radius 1 is 1.04 bits per heavy atom. The van der Waals surface area contributed by atoms with Crippen molar-refractivity contribution in [1.29, 1.82) is 0 Å². The molecule has 3 rings (SSSR count). The molecule has 1 heterocycles. The van der Waals surface area contributed by atoms with Gasteiger partial charge in [0, 0.05) is 5.56 Å². The third-order valence-electron chi connectivity index (χ3n) is 3.81. The molecule has 0 saturated carbocycles. The summed E-state index contributed by atoms with van der Waals surface area (Å²) in [4.78, 5) is 12.1. The standard InChI is InChI=1S/C20H18O3/c1-13-4-9-18(14(2)10-13)19-12-16(20(21)23-19)11-15-5-7-17(22-3)8-6-15/h4-12H,1-3H3. The summed E-state index contributed by atoms with van der Waals surface area (Å²) >= 11 is 0. The number of hydrogen-bond acceptors (Lipinski definition) is 3. The van der Waals surface area contributed by atoms with Crippen LogP contribution in [0.5, 0.6) is 5.75 Å². The van der Waals surface area contributed by atoms with E-state index in [1.807, 2.05) is 56.3 Å². The van der Waals surface area contributed by atoms with E-state index >= 15 is 0 Å². The predicted octanol–water partition coefficient (Wildman–Crippen LogP) is 4.29. The minimum atomic E-state index is -0.323. The minimum Gasteiger partial charge on any atom is -0.497 e. The molecule has 116 valence electrons. The van der Waals surface area contributed by atoms with Gasteiger partial charge in [0.25, 0.3) is 0 Å². The first kappa shape index (κ1) is 15.1. The second-order valence-electron chi connectivity index (χ2n) is 5.59. The number of methoxy groups -OCH3 is 1.